The predicted octanol–water partition coefficient (Wildman–Crippen LogP) is 2.64. The van der Waals surface area contributed by atoms with Crippen LogP contribution in [0, 0.1) is 10.1 Å². The fraction of sp³-hybridized carbons (Fsp3) is 0.188. The van der Waals surface area contributed by atoms with Crippen molar-refractivity contribution in [1.82, 2.24) is 0 Å². The number of nitro benzene ring substituents is 1. The number of hydrogen-bond acceptors (Lipinski definition) is 5. The number of methoxy groups -OCH3 is 1. The molecule has 0 N–H and O–H groups in total. The van der Waals surface area contributed by atoms with Gasteiger partial charge in [0.2, 0.25) is 0 Å². The molecule has 2 aromatic carbocycles. The van der Waals surface area contributed by atoms with Crippen LogP contribution >= 0.6 is 0 Å². The van der Waals surface area contributed by atoms with Crippen molar-refractivity contribution in [3.63, 3.8) is 0 Å². The summed E-state index contributed by atoms with van der Waals surface area (Å²) in [7, 11) is 1.49. The van der Waals surface area contributed by atoms with Gasteiger partial charge in [-0.1, -0.05) is 12.1 Å². The fourth-order valence-electron chi connectivity index (χ4n) is 2.50. The summed E-state index contributed by atoms with van der Waals surface area (Å²) >= 11 is 0. The van der Waals surface area contributed by atoms with E-state index in [1.807, 2.05) is 0 Å². The Bertz CT molecular complexity index is 775. The third-order valence-corrected chi connectivity index (χ3v) is 3.60. The Labute approximate surface area is 132 Å². The van der Waals surface area contributed by atoms with E-state index in [-0.39, 0.29) is 11.6 Å². The SMILES string of the molecule is COc1ccccc1C(=O)N1CCOc2ccc([N+](=O)[O-])cc21. The van der Waals surface area contributed by atoms with Crippen molar-refractivity contribution in [1.29, 1.82) is 0 Å². The number of rotatable bonds is 3. The van der Waals surface area contributed by atoms with Crippen LogP contribution in [-0.4, -0.2) is 31.1 Å². The summed E-state index contributed by atoms with van der Waals surface area (Å²) in [5, 5.41) is 11.0. The molecule has 0 spiro atoms. The van der Waals surface area contributed by atoms with Gasteiger partial charge in [-0.15, -0.1) is 0 Å². The molecule has 23 heavy (non-hydrogen) atoms. The molecule has 0 atom stereocenters. The second kappa shape index (κ2) is 5.96. The van der Waals surface area contributed by atoms with Crippen LogP contribution in [0.1, 0.15) is 10.4 Å². The number of amides is 1. The Morgan fingerprint density at radius 3 is 2.83 bits per heavy atom. The number of fused-ring (bicyclic) bond motifs is 1. The van der Waals surface area contributed by atoms with Gasteiger partial charge in [0, 0.05) is 12.1 Å². The molecule has 7 nitrogen and oxygen atoms in total. The first-order chi connectivity index (χ1) is 11.1. The molecule has 1 aliphatic heterocycles. The largest absolute Gasteiger partial charge is 0.496 e. The maximum absolute atomic E-state index is 12.8. The fourth-order valence-corrected chi connectivity index (χ4v) is 2.50. The van der Waals surface area contributed by atoms with E-state index in [0.29, 0.717) is 35.9 Å². The number of nitro groups is 1. The Balaban J connectivity index is 2.04. The minimum absolute atomic E-state index is 0.0907. The highest BCUT2D eigenvalue weighted by atomic mass is 16.6. The molecular formula is C16H14N2O5. The molecule has 0 aromatic heterocycles. The molecule has 7 heteroatoms. The maximum atomic E-state index is 12.8. The molecule has 0 saturated carbocycles. The van der Waals surface area contributed by atoms with Crippen molar-refractivity contribution >= 4 is 17.3 Å². The quantitative estimate of drug-likeness (QED) is 0.642. The standard InChI is InChI=1S/C16H14N2O5/c1-22-14-5-3-2-4-12(14)16(19)17-8-9-23-15-7-6-11(18(20)21)10-13(15)17/h2-7,10H,8-9H2,1H3. The second-order valence-corrected chi connectivity index (χ2v) is 4.91. The van der Waals surface area contributed by atoms with Crippen molar-refractivity contribution in [3.8, 4) is 11.5 Å². The minimum Gasteiger partial charge on any atom is -0.496 e. The lowest BCUT2D eigenvalue weighted by Crippen LogP contribution is -2.38. The zero-order valence-electron chi connectivity index (χ0n) is 12.4. The van der Waals surface area contributed by atoms with Crippen molar-refractivity contribution in [2.24, 2.45) is 0 Å². The van der Waals surface area contributed by atoms with Crippen LogP contribution in [0.25, 0.3) is 0 Å². The number of ether oxygens (including phenoxy) is 2. The Morgan fingerprint density at radius 1 is 1.30 bits per heavy atom. The van der Waals surface area contributed by atoms with Crippen LogP contribution in [0.3, 0.4) is 0 Å². The van der Waals surface area contributed by atoms with Crippen LogP contribution < -0.4 is 14.4 Å². The summed E-state index contributed by atoms with van der Waals surface area (Å²) in [6.07, 6.45) is 0. The van der Waals surface area contributed by atoms with Gasteiger partial charge in [0.25, 0.3) is 11.6 Å². The van der Waals surface area contributed by atoms with Gasteiger partial charge in [0.05, 0.1) is 29.8 Å². The molecule has 1 amide bonds. The molecule has 0 aliphatic carbocycles. The Morgan fingerprint density at radius 2 is 2.09 bits per heavy atom. The normalized spacial score (nSPS) is 13.0. The summed E-state index contributed by atoms with van der Waals surface area (Å²) in [4.78, 5) is 24.8. The first kappa shape index (κ1) is 14.8. The van der Waals surface area contributed by atoms with Crippen molar-refractivity contribution < 1.29 is 19.2 Å². The van der Waals surface area contributed by atoms with Crippen molar-refractivity contribution in [2.45, 2.75) is 0 Å². The van der Waals surface area contributed by atoms with Gasteiger partial charge in [-0.2, -0.15) is 0 Å². The number of carbonyl (C=O) groups is 1. The summed E-state index contributed by atoms with van der Waals surface area (Å²) < 4.78 is 10.7. The molecule has 0 fully saturated rings. The van der Waals surface area contributed by atoms with Crippen LogP contribution in [0.4, 0.5) is 11.4 Å². The van der Waals surface area contributed by atoms with E-state index < -0.39 is 4.92 Å². The molecule has 2 aromatic rings. The van der Waals surface area contributed by atoms with Crippen molar-refractivity contribution in [2.75, 3.05) is 25.2 Å². The lowest BCUT2D eigenvalue weighted by Gasteiger charge is -2.29. The maximum Gasteiger partial charge on any atom is 0.271 e. The van der Waals surface area contributed by atoms with Gasteiger partial charge in [-0.3, -0.25) is 14.9 Å². The predicted molar refractivity (Wildman–Crippen MR) is 83.3 cm³/mol. The molecular weight excluding hydrogens is 300 g/mol. The third kappa shape index (κ3) is 2.68. The number of hydrogen-bond donors (Lipinski definition) is 0. The van der Waals surface area contributed by atoms with E-state index in [0.717, 1.165) is 0 Å². The zero-order chi connectivity index (χ0) is 16.4. The molecule has 1 heterocycles. The van der Waals surface area contributed by atoms with Crippen LogP contribution in [0.5, 0.6) is 11.5 Å². The first-order valence-corrected chi connectivity index (χ1v) is 6.98. The van der Waals surface area contributed by atoms with Crippen LogP contribution in [0.2, 0.25) is 0 Å². The summed E-state index contributed by atoms with van der Waals surface area (Å²) in [5.74, 6) is 0.619. The van der Waals surface area contributed by atoms with E-state index in [1.54, 1.807) is 24.3 Å². The van der Waals surface area contributed by atoms with Gasteiger partial charge in [0.1, 0.15) is 18.1 Å². The number of benzene rings is 2. The summed E-state index contributed by atoms with van der Waals surface area (Å²) in [5.41, 5.74) is 0.697. The molecule has 3 rings (SSSR count). The van der Waals surface area contributed by atoms with E-state index in [1.165, 1.54) is 30.2 Å². The topological polar surface area (TPSA) is 81.9 Å². The molecule has 0 saturated heterocycles. The number of non-ortho nitro benzene ring substituents is 1. The number of nitrogens with zero attached hydrogens (tertiary/aromatic N) is 2. The van der Waals surface area contributed by atoms with Crippen LogP contribution in [-0.2, 0) is 0 Å². The molecule has 1 aliphatic rings. The smallest absolute Gasteiger partial charge is 0.271 e. The molecule has 118 valence electrons. The summed E-state index contributed by atoms with van der Waals surface area (Å²) in [6.45, 7) is 0.636. The van der Waals surface area contributed by atoms with Gasteiger partial charge < -0.3 is 14.4 Å². The highest BCUT2D eigenvalue weighted by Crippen LogP contribution is 2.36. The van der Waals surface area contributed by atoms with E-state index in [4.69, 9.17) is 9.47 Å². The van der Waals surface area contributed by atoms with Gasteiger partial charge in [-0.25, -0.2) is 0 Å². The first-order valence-electron chi connectivity index (χ1n) is 6.98. The zero-order valence-corrected chi connectivity index (χ0v) is 12.4. The minimum atomic E-state index is -0.499. The summed E-state index contributed by atoms with van der Waals surface area (Å²) in [6, 6.07) is 11.1. The van der Waals surface area contributed by atoms with E-state index >= 15 is 0 Å². The van der Waals surface area contributed by atoms with E-state index in [9.17, 15) is 14.9 Å². The third-order valence-electron chi connectivity index (χ3n) is 3.60. The Hall–Kier alpha value is -3.09. The van der Waals surface area contributed by atoms with Gasteiger partial charge >= 0.3 is 0 Å². The highest BCUT2D eigenvalue weighted by Gasteiger charge is 2.28. The van der Waals surface area contributed by atoms with Gasteiger partial charge in [0.15, 0.2) is 0 Å². The monoisotopic (exact) mass is 314 g/mol. The average molecular weight is 314 g/mol. The second-order valence-electron chi connectivity index (χ2n) is 4.91. The molecule has 0 bridgehead atoms. The van der Waals surface area contributed by atoms with Crippen molar-refractivity contribution in [3.05, 3.63) is 58.1 Å². The lowest BCUT2D eigenvalue weighted by atomic mass is 10.1. The molecule has 0 unspecified atom stereocenters. The van der Waals surface area contributed by atoms with Crippen LogP contribution in [0.15, 0.2) is 42.5 Å². The lowest BCUT2D eigenvalue weighted by molar-refractivity contribution is -0.384. The Kier molecular flexibility index (Phi) is 3.84. The number of para-hydroxylation sites is 1. The number of carbonyl (C=O) groups excluding carboxylic acids is 1. The average Bonchev–Trinajstić information content (AvgIpc) is 2.60. The van der Waals surface area contributed by atoms with E-state index in [2.05, 4.69) is 0 Å². The number of anilines is 1. The van der Waals surface area contributed by atoms with Gasteiger partial charge in [-0.05, 0) is 18.2 Å². The molecule has 0 radical (unpaired) electrons. The highest BCUT2D eigenvalue weighted by molar-refractivity contribution is 6.09.